The van der Waals surface area contributed by atoms with E-state index < -0.39 is 10.0 Å². The first-order chi connectivity index (χ1) is 13.9. The second kappa shape index (κ2) is 8.84. The van der Waals surface area contributed by atoms with E-state index in [1.807, 2.05) is 6.92 Å². The summed E-state index contributed by atoms with van der Waals surface area (Å²) in [6.45, 7) is 3.51. The molecule has 8 heteroatoms. The van der Waals surface area contributed by atoms with Gasteiger partial charge in [-0.1, -0.05) is 13.0 Å². The zero-order valence-corrected chi connectivity index (χ0v) is 17.7. The zero-order chi connectivity index (χ0) is 21.0. The maximum atomic E-state index is 13.1. The van der Waals surface area contributed by atoms with Gasteiger partial charge in [-0.15, -0.1) is 0 Å². The van der Waals surface area contributed by atoms with E-state index in [1.165, 1.54) is 23.5 Å². The number of benzene rings is 2. The molecule has 0 radical (unpaired) electrons. The van der Waals surface area contributed by atoms with E-state index in [0.29, 0.717) is 36.7 Å². The summed E-state index contributed by atoms with van der Waals surface area (Å²) in [5, 5.41) is 0. The molecule has 1 aliphatic heterocycles. The number of amides is 1. The van der Waals surface area contributed by atoms with E-state index in [1.54, 1.807) is 48.4 Å². The van der Waals surface area contributed by atoms with Gasteiger partial charge in [-0.25, -0.2) is 8.42 Å². The molecule has 1 fully saturated rings. The molecule has 0 N–H and O–H groups in total. The van der Waals surface area contributed by atoms with Crippen LogP contribution in [0.15, 0.2) is 53.4 Å². The first-order valence-electron chi connectivity index (χ1n) is 9.50. The fraction of sp³-hybridized carbons (Fsp3) is 0.381. The third kappa shape index (κ3) is 4.54. The van der Waals surface area contributed by atoms with Gasteiger partial charge in [-0.2, -0.15) is 0 Å². The van der Waals surface area contributed by atoms with E-state index in [9.17, 15) is 13.2 Å². The molecule has 1 unspecified atom stereocenters. The Balaban J connectivity index is 1.84. The second-order valence-corrected chi connectivity index (χ2v) is 8.82. The smallest absolute Gasteiger partial charge is 0.264 e. The number of carbonyl (C=O) groups is 1. The van der Waals surface area contributed by atoms with Crippen molar-refractivity contribution in [2.75, 3.05) is 38.2 Å². The highest BCUT2D eigenvalue weighted by Crippen LogP contribution is 2.25. The van der Waals surface area contributed by atoms with Gasteiger partial charge in [0.15, 0.2) is 0 Å². The summed E-state index contributed by atoms with van der Waals surface area (Å²) >= 11 is 0. The Kier molecular flexibility index (Phi) is 6.44. The van der Waals surface area contributed by atoms with Crippen LogP contribution in [0.2, 0.25) is 0 Å². The van der Waals surface area contributed by atoms with Gasteiger partial charge in [0.1, 0.15) is 5.75 Å². The van der Waals surface area contributed by atoms with Crippen LogP contribution < -0.4 is 9.04 Å². The van der Waals surface area contributed by atoms with E-state index >= 15 is 0 Å². The van der Waals surface area contributed by atoms with Crippen molar-refractivity contribution in [2.24, 2.45) is 0 Å². The highest BCUT2D eigenvalue weighted by molar-refractivity contribution is 7.92. The lowest BCUT2D eigenvalue weighted by Gasteiger charge is -2.32. The molecule has 1 heterocycles. The van der Waals surface area contributed by atoms with Crippen LogP contribution in [0.4, 0.5) is 5.69 Å². The molecule has 0 spiro atoms. The van der Waals surface area contributed by atoms with Gasteiger partial charge in [0.05, 0.1) is 30.4 Å². The Morgan fingerprint density at radius 2 is 1.97 bits per heavy atom. The lowest BCUT2D eigenvalue weighted by atomic mass is 10.1. The molecule has 0 bridgehead atoms. The predicted molar refractivity (Wildman–Crippen MR) is 111 cm³/mol. The number of hydrogen-bond donors (Lipinski definition) is 0. The van der Waals surface area contributed by atoms with Crippen LogP contribution in [-0.2, 0) is 14.8 Å². The quantitative estimate of drug-likeness (QED) is 0.721. The molecule has 0 aliphatic carbocycles. The molecule has 1 saturated heterocycles. The van der Waals surface area contributed by atoms with Crippen molar-refractivity contribution in [1.29, 1.82) is 0 Å². The third-order valence-electron chi connectivity index (χ3n) is 5.06. The maximum absolute atomic E-state index is 13.1. The lowest BCUT2D eigenvalue weighted by Crippen LogP contribution is -2.45. The predicted octanol–water partition coefficient (Wildman–Crippen LogP) is 2.77. The summed E-state index contributed by atoms with van der Waals surface area (Å²) < 4.78 is 38.1. The number of methoxy groups -OCH3 is 1. The minimum absolute atomic E-state index is 0.0146. The van der Waals surface area contributed by atoms with Gasteiger partial charge in [0, 0.05) is 25.7 Å². The molecule has 156 valence electrons. The number of ether oxygens (including phenoxy) is 2. The zero-order valence-electron chi connectivity index (χ0n) is 16.9. The van der Waals surface area contributed by atoms with Crippen LogP contribution >= 0.6 is 0 Å². The number of sulfonamides is 1. The molecule has 1 atom stereocenters. The molecular weight excluding hydrogens is 392 g/mol. The van der Waals surface area contributed by atoms with Crippen LogP contribution in [-0.4, -0.2) is 59.2 Å². The van der Waals surface area contributed by atoms with Gasteiger partial charge in [0.25, 0.3) is 15.9 Å². The van der Waals surface area contributed by atoms with Crippen LogP contribution in [0.1, 0.15) is 23.7 Å². The average molecular weight is 419 g/mol. The van der Waals surface area contributed by atoms with E-state index in [-0.39, 0.29) is 16.9 Å². The minimum atomic E-state index is -3.82. The van der Waals surface area contributed by atoms with Crippen molar-refractivity contribution in [3.63, 3.8) is 0 Å². The molecule has 1 aliphatic rings. The first kappa shape index (κ1) is 21.1. The Morgan fingerprint density at radius 3 is 2.62 bits per heavy atom. The number of rotatable bonds is 6. The molecule has 2 aromatic carbocycles. The summed E-state index contributed by atoms with van der Waals surface area (Å²) in [6, 6.07) is 12.9. The highest BCUT2D eigenvalue weighted by Gasteiger charge is 2.26. The van der Waals surface area contributed by atoms with Gasteiger partial charge in [0.2, 0.25) is 0 Å². The fourth-order valence-electron chi connectivity index (χ4n) is 3.21. The molecule has 0 saturated carbocycles. The number of hydrogen-bond acceptors (Lipinski definition) is 5. The molecule has 0 aromatic heterocycles. The number of anilines is 1. The standard InChI is InChI=1S/C21H26N2O5S/c1-4-18-15-23(12-13-28-18)21(24)16-6-5-7-20(14-16)29(25,26)22(2)17-8-10-19(27-3)11-9-17/h5-11,14,18H,4,12-13,15H2,1-3H3. The minimum Gasteiger partial charge on any atom is -0.497 e. The van der Waals surface area contributed by atoms with E-state index in [2.05, 4.69) is 0 Å². The third-order valence-corrected chi connectivity index (χ3v) is 6.84. The second-order valence-electron chi connectivity index (χ2n) is 6.85. The Hall–Kier alpha value is -2.58. The molecule has 29 heavy (non-hydrogen) atoms. The van der Waals surface area contributed by atoms with E-state index in [0.717, 1.165) is 6.42 Å². The van der Waals surface area contributed by atoms with Crippen LogP contribution in [0, 0.1) is 0 Å². The van der Waals surface area contributed by atoms with Crippen LogP contribution in [0.5, 0.6) is 5.75 Å². The Bertz CT molecular complexity index is 959. The average Bonchev–Trinajstić information content (AvgIpc) is 2.78. The number of morpholine rings is 1. The molecule has 1 amide bonds. The van der Waals surface area contributed by atoms with Gasteiger partial charge >= 0.3 is 0 Å². The normalized spacial score (nSPS) is 17.1. The number of nitrogens with zero attached hydrogens (tertiary/aromatic N) is 2. The monoisotopic (exact) mass is 418 g/mol. The summed E-state index contributed by atoms with van der Waals surface area (Å²) in [6.07, 6.45) is 0.839. The van der Waals surface area contributed by atoms with E-state index in [4.69, 9.17) is 9.47 Å². The molecule has 7 nitrogen and oxygen atoms in total. The summed E-state index contributed by atoms with van der Waals surface area (Å²) in [7, 11) is -0.780. The fourth-order valence-corrected chi connectivity index (χ4v) is 4.45. The van der Waals surface area contributed by atoms with Crippen molar-refractivity contribution in [3.05, 3.63) is 54.1 Å². The largest absolute Gasteiger partial charge is 0.497 e. The summed E-state index contributed by atoms with van der Waals surface area (Å²) in [5.74, 6) is 0.457. The summed E-state index contributed by atoms with van der Waals surface area (Å²) in [4.78, 5) is 14.7. The van der Waals surface area contributed by atoms with Crippen molar-refractivity contribution in [1.82, 2.24) is 4.90 Å². The Labute approximate surface area is 171 Å². The van der Waals surface area contributed by atoms with Crippen molar-refractivity contribution in [2.45, 2.75) is 24.3 Å². The maximum Gasteiger partial charge on any atom is 0.264 e. The van der Waals surface area contributed by atoms with Gasteiger partial charge < -0.3 is 14.4 Å². The first-order valence-corrected chi connectivity index (χ1v) is 10.9. The molecule has 3 rings (SSSR count). The highest BCUT2D eigenvalue weighted by atomic mass is 32.2. The van der Waals surface area contributed by atoms with Crippen LogP contribution in [0.25, 0.3) is 0 Å². The van der Waals surface area contributed by atoms with Crippen molar-refractivity contribution in [3.8, 4) is 5.75 Å². The Morgan fingerprint density at radius 1 is 1.24 bits per heavy atom. The van der Waals surface area contributed by atoms with Gasteiger partial charge in [-0.3, -0.25) is 9.10 Å². The lowest BCUT2D eigenvalue weighted by molar-refractivity contribution is -0.0226. The number of carbonyl (C=O) groups excluding carboxylic acids is 1. The summed E-state index contributed by atoms with van der Waals surface area (Å²) in [5.41, 5.74) is 0.854. The SMILES string of the molecule is CCC1CN(C(=O)c2cccc(S(=O)(=O)N(C)c3ccc(OC)cc3)c2)CCO1. The van der Waals surface area contributed by atoms with Crippen molar-refractivity contribution >= 4 is 21.6 Å². The van der Waals surface area contributed by atoms with Crippen LogP contribution in [0.3, 0.4) is 0 Å². The molecule has 2 aromatic rings. The molecular formula is C21H26N2O5S. The topological polar surface area (TPSA) is 76.2 Å². The van der Waals surface area contributed by atoms with Crippen molar-refractivity contribution < 1.29 is 22.7 Å². The van der Waals surface area contributed by atoms with Gasteiger partial charge in [-0.05, 0) is 48.9 Å².